The predicted molar refractivity (Wildman–Crippen MR) is 56.3 cm³/mol. The number of hydrogen-bond acceptors (Lipinski definition) is 2. The lowest BCUT2D eigenvalue weighted by Gasteiger charge is -2.05. The van der Waals surface area contributed by atoms with Crippen molar-refractivity contribution in [1.29, 1.82) is 5.41 Å². The molecule has 0 aromatic heterocycles. The Morgan fingerprint density at radius 2 is 2.31 bits per heavy atom. The molecule has 2 N–H and O–H groups in total. The largest absolute Gasteiger partial charge is 0.326 e. The van der Waals surface area contributed by atoms with E-state index in [2.05, 4.69) is 21.2 Å². The number of amides is 1. The molecule has 1 aromatic carbocycles. The molecule has 4 heteroatoms. The topological polar surface area (TPSA) is 53.0 Å². The standard InChI is InChI=1S/C9H9BrN2O/c1-6(13)12-9-3-2-8(10)4-7(9)5-11/h2-5,11H,1H3,(H,12,13). The van der Waals surface area contributed by atoms with Gasteiger partial charge in [-0.2, -0.15) is 0 Å². The molecule has 0 aliphatic heterocycles. The van der Waals surface area contributed by atoms with Gasteiger partial charge in [0.05, 0.1) is 0 Å². The highest BCUT2D eigenvalue weighted by atomic mass is 79.9. The fraction of sp³-hybridized carbons (Fsp3) is 0.111. The number of carbonyl (C=O) groups is 1. The Morgan fingerprint density at radius 3 is 2.85 bits per heavy atom. The number of hydrogen-bond donors (Lipinski definition) is 2. The molecule has 0 saturated carbocycles. The fourth-order valence-corrected chi connectivity index (χ4v) is 1.34. The summed E-state index contributed by atoms with van der Waals surface area (Å²) in [6.45, 7) is 1.44. The lowest BCUT2D eigenvalue weighted by molar-refractivity contribution is -0.114. The van der Waals surface area contributed by atoms with Crippen LogP contribution in [0.25, 0.3) is 0 Å². The highest BCUT2D eigenvalue weighted by molar-refractivity contribution is 9.10. The molecule has 1 aromatic rings. The van der Waals surface area contributed by atoms with Gasteiger partial charge in [-0.05, 0) is 18.2 Å². The Balaban J connectivity index is 3.05. The molecule has 0 unspecified atom stereocenters. The summed E-state index contributed by atoms with van der Waals surface area (Å²) in [6.07, 6.45) is 1.20. The molecule has 0 spiro atoms. The summed E-state index contributed by atoms with van der Waals surface area (Å²) in [5.41, 5.74) is 1.34. The Labute approximate surface area is 84.8 Å². The van der Waals surface area contributed by atoms with Crippen molar-refractivity contribution >= 4 is 33.7 Å². The lowest BCUT2D eigenvalue weighted by atomic mass is 10.2. The minimum Gasteiger partial charge on any atom is -0.326 e. The summed E-state index contributed by atoms with van der Waals surface area (Å²) in [5, 5.41) is 9.77. The SMILES string of the molecule is CC(=O)Nc1ccc(Br)cc1C=N. The van der Waals surface area contributed by atoms with Crippen LogP contribution in [0.2, 0.25) is 0 Å². The van der Waals surface area contributed by atoms with Crippen LogP contribution in [0.5, 0.6) is 0 Å². The van der Waals surface area contributed by atoms with E-state index in [-0.39, 0.29) is 5.91 Å². The molecule has 1 amide bonds. The van der Waals surface area contributed by atoms with Crippen LogP contribution >= 0.6 is 15.9 Å². The normalized spacial score (nSPS) is 9.38. The van der Waals surface area contributed by atoms with Crippen molar-refractivity contribution in [3.05, 3.63) is 28.2 Å². The van der Waals surface area contributed by atoms with Crippen molar-refractivity contribution in [2.45, 2.75) is 6.92 Å². The van der Waals surface area contributed by atoms with E-state index in [1.807, 2.05) is 6.07 Å². The van der Waals surface area contributed by atoms with Crippen molar-refractivity contribution in [1.82, 2.24) is 0 Å². The van der Waals surface area contributed by atoms with E-state index in [4.69, 9.17) is 5.41 Å². The van der Waals surface area contributed by atoms with Crippen LogP contribution in [0.4, 0.5) is 5.69 Å². The monoisotopic (exact) mass is 240 g/mol. The van der Waals surface area contributed by atoms with Gasteiger partial charge < -0.3 is 10.7 Å². The lowest BCUT2D eigenvalue weighted by Crippen LogP contribution is -2.07. The van der Waals surface area contributed by atoms with Crippen LogP contribution in [-0.2, 0) is 4.79 Å². The second kappa shape index (κ2) is 4.18. The number of carbonyl (C=O) groups excluding carboxylic acids is 1. The quantitative estimate of drug-likeness (QED) is 0.767. The molecule has 1 rings (SSSR count). The summed E-state index contributed by atoms with van der Waals surface area (Å²) in [5.74, 6) is -0.134. The van der Waals surface area contributed by atoms with Gasteiger partial charge in [0, 0.05) is 28.9 Å². The molecule has 0 aliphatic rings. The first-order valence-corrected chi connectivity index (χ1v) is 4.50. The first kappa shape index (κ1) is 9.92. The molecule has 0 heterocycles. The molecular formula is C9H9BrN2O. The molecule has 68 valence electrons. The Kier molecular flexibility index (Phi) is 3.19. The van der Waals surface area contributed by atoms with Crippen LogP contribution in [0.1, 0.15) is 12.5 Å². The van der Waals surface area contributed by atoms with Crippen LogP contribution < -0.4 is 5.32 Å². The zero-order valence-electron chi connectivity index (χ0n) is 7.10. The summed E-state index contributed by atoms with van der Waals surface area (Å²) >= 11 is 3.29. The molecular weight excluding hydrogens is 232 g/mol. The number of rotatable bonds is 2. The molecule has 13 heavy (non-hydrogen) atoms. The highest BCUT2D eigenvalue weighted by Crippen LogP contribution is 2.19. The van der Waals surface area contributed by atoms with Crippen molar-refractivity contribution in [2.24, 2.45) is 0 Å². The maximum atomic E-state index is 10.8. The summed E-state index contributed by atoms with van der Waals surface area (Å²) < 4.78 is 0.889. The van der Waals surface area contributed by atoms with E-state index in [0.717, 1.165) is 4.47 Å². The van der Waals surface area contributed by atoms with Gasteiger partial charge in [-0.25, -0.2) is 0 Å². The third-order valence-electron chi connectivity index (χ3n) is 1.48. The molecule has 0 atom stereocenters. The van der Waals surface area contributed by atoms with Gasteiger partial charge in [-0.15, -0.1) is 0 Å². The van der Waals surface area contributed by atoms with Gasteiger partial charge in [0.1, 0.15) is 0 Å². The van der Waals surface area contributed by atoms with Crippen molar-refractivity contribution < 1.29 is 4.79 Å². The van der Waals surface area contributed by atoms with Crippen molar-refractivity contribution in [2.75, 3.05) is 5.32 Å². The van der Waals surface area contributed by atoms with Gasteiger partial charge in [-0.3, -0.25) is 4.79 Å². The average Bonchev–Trinajstić information content (AvgIpc) is 2.07. The smallest absolute Gasteiger partial charge is 0.221 e. The van der Waals surface area contributed by atoms with Crippen LogP contribution in [0.3, 0.4) is 0 Å². The number of halogens is 1. The van der Waals surface area contributed by atoms with E-state index >= 15 is 0 Å². The molecule has 0 radical (unpaired) electrons. The van der Waals surface area contributed by atoms with Crippen LogP contribution in [0.15, 0.2) is 22.7 Å². The minimum absolute atomic E-state index is 0.134. The van der Waals surface area contributed by atoms with Crippen LogP contribution in [0, 0.1) is 5.41 Å². The Hall–Kier alpha value is -1.16. The van der Waals surface area contributed by atoms with E-state index < -0.39 is 0 Å². The second-order valence-corrected chi connectivity index (χ2v) is 3.47. The Morgan fingerprint density at radius 1 is 1.62 bits per heavy atom. The zero-order chi connectivity index (χ0) is 9.84. The molecule has 0 aliphatic carbocycles. The van der Waals surface area contributed by atoms with Gasteiger partial charge >= 0.3 is 0 Å². The predicted octanol–water partition coefficient (Wildman–Crippen LogP) is 2.41. The minimum atomic E-state index is -0.134. The van der Waals surface area contributed by atoms with Crippen molar-refractivity contribution in [3.63, 3.8) is 0 Å². The molecule has 0 fully saturated rings. The van der Waals surface area contributed by atoms with Crippen LogP contribution in [-0.4, -0.2) is 12.1 Å². The highest BCUT2D eigenvalue weighted by Gasteiger charge is 2.01. The first-order chi connectivity index (χ1) is 6.13. The third kappa shape index (κ3) is 2.66. The Bertz CT molecular complexity index is 349. The third-order valence-corrected chi connectivity index (χ3v) is 1.97. The van der Waals surface area contributed by atoms with E-state index in [1.165, 1.54) is 13.1 Å². The number of anilines is 1. The van der Waals surface area contributed by atoms with E-state index in [1.54, 1.807) is 12.1 Å². The van der Waals surface area contributed by atoms with Crippen molar-refractivity contribution in [3.8, 4) is 0 Å². The van der Waals surface area contributed by atoms with Gasteiger partial charge in [0.2, 0.25) is 5.91 Å². The number of nitrogens with one attached hydrogen (secondary N) is 2. The van der Waals surface area contributed by atoms with Gasteiger partial charge in [0.25, 0.3) is 0 Å². The number of benzene rings is 1. The molecule has 3 nitrogen and oxygen atoms in total. The fourth-order valence-electron chi connectivity index (χ4n) is 0.956. The second-order valence-electron chi connectivity index (χ2n) is 2.56. The maximum absolute atomic E-state index is 10.8. The summed E-state index contributed by atoms with van der Waals surface area (Å²) in [7, 11) is 0. The summed E-state index contributed by atoms with van der Waals surface area (Å²) in [6, 6.07) is 5.35. The average molecular weight is 241 g/mol. The first-order valence-electron chi connectivity index (χ1n) is 3.71. The van der Waals surface area contributed by atoms with Gasteiger partial charge in [0.15, 0.2) is 0 Å². The molecule has 0 bridgehead atoms. The zero-order valence-corrected chi connectivity index (χ0v) is 8.68. The molecule has 0 saturated heterocycles. The van der Waals surface area contributed by atoms with E-state index in [9.17, 15) is 4.79 Å². The maximum Gasteiger partial charge on any atom is 0.221 e. The van der Waals surface area contributed by atoms with Gasteiger partial charge in [-0.1, -0.05) is 15.9 Å². The van der Waals surface area contributed by atoms with E-state index in [0.29, 0.717) is 11.3 Å². The summed E-state index contributed by atoms with van der Waals surface area (Å²) in [4.78, 5) is 10.8.